The van der Waals surface area contributed by atoms with Gasteiger partial charge in [0.25, 0.3) is 0 Å². The van der Waals surface area contributed by atoms with Crippen LogP contribution in [-0.2, 0) is 6.54 Å². The Hall–Kier alpha value is -0.710. The third-order valence-corrected chi connectivity index (χ3v) is 3.10. The Labute approximate surface area is 93.9 Å². The lowest BCUT2D eigenvalue weighted by molar-refractivity contribution is 0.152. The van der Waals surface area contributed by atoms with Crippen LogP contribution in [-0.4, -0.2) is 39.2 Å². The van der Waals surface area contributed by atoms with E-state index in [9.17, 15) is 5.11 Å². The molecule has 15 heavy (non-hydrogen) atoms. The summed E-state index contributed by atoms with van der Waals surface area (Å²) in [7, 11) is 0. The van der Waals surface area contributed by atoms with Crippen LogP contribution in [0.25, 0.3) is 0 Å². The number of nitrogens with zero attached hydrogens (tertiary/aromatic N) is 3. The van der Waals surface area contributed by atoms with Crippen molar-refractivity contribution in [2.75, 3.05) is 13.2 Å². The fourth-order valence-electron chi connectivity index (χ4n) is 1.96. The van der Waals surface area contributed by atoms with Crippen LogP contribution >= 0.6 is 11.6 Å². The second kappa shape index (κ2) is 4.88. The van der Waals surface area contributed by atoms with Gasteiger partial charge in [-0.2, -0.15) is 0 Å². The lowest BCUT2D eigenvalue weighted by atomic mass is 10.2. The second-order valence-electron chi connectivity index (χ2n) is 3.74. The van der Waals surface area contributed by atoms with Crippen molar-refractivity contribution in [2.45, 2.75) is 25.4 Å². The summed E-state index contributed by atoms with van der Waals surface area (Å²) in [5, 5.41) is 9.63. The normalized spacial score (nSPS) is 22.1. The first-order valence-corrected chi connectivity index (χ1v) is 5.49. The van der Waals surface area contributed by atoms with E-state index < -0.39 is 0 Å². The van der Waals surface area contributed by atoms with Gasteiger partial charge >= 0.3 is 0 Å². The van der Waals surface area contributed by atoms with Gasteiger partial charge in [0.05, 0.1) is 12.3 Å². The zero-order valence-electron chi connectivity index (χ0n) is 8.43. The van der Waals surface area contributed by atoms with E-state index in [-0.39, 0.29) is 12.6 Å². The summed E-state index contributed by atoms with van der Waals surface area (Å²) in [6.07, 6.45) is 5.40. The van der Waals surface area contributed by atoms with Crippen LogP contribution in [0.3, 0.4) is 0 Å². The molecule has 0 aromatic carbocycles. The first-order chi connectivity index (χ1) is 7.31. The van der Waals surface area contributed by atoms with Gasteiger partial charge in [0.1, 0.15) is 0 Å². The van der Waals surface area contributed by atoms with Crippen LogP contribution in [0.5, 0.6) is 0 Å². The zero-order chi connectivity index (χ0) is 10.7. The molecule has 0 radical (unpaired) electrons. The first-order valence-electron chi connectivity index (χ1n) is 5.11. The Balaban J connectivity index is 2.05. The average Bonchev–Trinajstić information content (AvgIpc) is 2.69. The number of hydrogen-bond donors (Lipinski definition) is 1. The summed E-state index contributed by atoms with van der Waals surface area (Å²) in [6, 6.07) is 0.253. The number of aliphatic hydroxyl groups excluding tert-OH is 1. The van der Waals surface area contributed by atoms with E-state index in [0.717, 1.165) is 25.1 Å². The highest BCUT2D eigenvalue weighted by atomic mass is 35.5. The molecule has 1 fully saturated rings. The molecular weight excluding hydrogens is 214 g/mol. The van der Waals surface area contributed by atoms with Crippen LogP contribution in [0.1, 0.15) is 18.5 Å². The minimum Gasteiger partial charge on any atom is -0.395 e. The third kappa shape index (κ3) is 2.45. The standard InChI is InChI=1S/C10H14ClN3O/c11-10-9(12-3-4-13-10)6-14-5-1-2-8(14)7-15/h3-4,8,15H,1-2,5-7H2/t8-/m1/s1. The van der Waals surface area contributed by atoms with E-state index in [4.69, 9.17) is 11.6 Å². The highest BCUT2D eigenvalue weighted by Gasteiger charge is 2.24. The van der Waals surface area contributed by atoms with Crippen LogP contribution in [0.15, 0.2) is 12.4 Å². The first kappa shape index (κ1) is 10.8. The average molecular weight is 228 g/mol. The van der Waals surface area contributed by atoms with Crippen molar-refractivity contribution in [3.8, 4) is 0 Å². The monoisotopic (exact) mass is 227 g/mol. The Morgan fingerprint density at radius 1 is 1.47 bits per heavy atom. The molecule has 0 saturated carbocycles. The fraction of sp³-hybridized carbons (Fsp3) is 0.600. The summed E-state index contributed by atoms with van der Waals surface area (Å²) >= 11 is 5.93. The van der Waals surface area contributed by atoms with Crippen molar-refractivity contribution >= 4 is 11.6 Å². The summed E-state index contributed by atoms with van der Waals surface area (Å²) < 4.78 is 0. The predicted octanol–water partition coefficient (Wildman–Crippen LogP) is 1.09. The minimum absolute atomic E-state index is 0.206. The van der Waals surface area contributed by atoms with Gasteiger partial charge in [-0.1, -0.05) is 11.6 Å². The number of likely N-dealkylation sites (tertiary alicyclic amines) is 1. The molecule has 1 aromatic heterocycles. The van der Waals surface area contributed by atoms with Gasteiger partial charge in [0.2, 0.25) is 0 Å². The molecule has 1 aliphatic rings. The van der Waals surface area contributed by atoms with Gasteiger partial charge in [-0.05, 0) is 19.4 Å². The predicted molar refractivity (Wildman–Crippen MR) is 57.6 cm³/mol. The smallest absolute Gasteiger partial charge is 0.151 e. The van der Waals surface area contributed by atoms with Crippen molar-refractivity contribution in [1.82, 2.24) is 14.9 Å². The molecule has 0 spiro atoms. The lowest BCUT2D eigenvalue weighted by Crippen LogP contribution is -2.32. The molecule has 0 aliphatic carbocycles. The molecule has 5 heteroatoms. The van der Waals surface area contributed by atoms with Crippen molar-refractivity contribution in [2.24, 2.45) is 0 Å². The summed E-state index contributed by atoms with van der Waals surface area (Å²) in [5.41, 5.74) is 0.791. The topological polar surface area (TPSA) is 49.2 Å². The molecule has 4 nitrogen and oxygen atoms in total. The maximum atomic E-state index is 9.17. The maximum Gasteiger partial charge on any atom is 0.151 e. The second-order valence-corrected chi connectivity index (χ2v) is 4.10. The van der Waals surface area contributed by atoms with E-state index in [2.05, 4.69) is 14.9 Å². The van der Waals surface area contributed by atoms with Gasteiger partial charge in [-0.15, -0.1) is 0 Å². The Morgan fingerprint density at radius 2 is 2.27 bits per heavy atom. The molecule has 1 saturated heterocycles. The third-order valence-electron chi connectivity index (χ3n) is 2.79. The van der Waals surface area contributed by atoms with Crippen LogP contribution in [0, 0.1) is 0 Å². The molecule has 82 valence electrons. The SMILES string of the molecule is OC[C@H]1CCCN1Cc1nccnc1Cl. The summed E-state index contributed by atoms with van der Waals surface area (Å²) in [5.74, 6) is 0. The van der Waals surface area contributed by atoms with Gasteiger partial charge in [-0.25, -0.2) is 4.98 Å². The van der Waals surface area contributed by atoms with E-state index in [1.807, 2.05) is 0 Å². The number of aliphatic hydroxyl groups is 1. The summed E-state index contributed by atoms with van der Waals surface area (Å²) in [6.45, 7) is 1.88. The summed E-state index contributed by atoms with van der Waals surface area (Å²) in [4.78, 5) is 10.4. The minimum atomic E-state index is 0.206. The van der Waals surface area contributed by atoms with Gasteiger partial charge < -0.3 is 5.11 Å². The van der Waals surface area contributed by atoms with Crippen molar-refractivity contribution in [3.63, 3.8) is 0 Å². The van der Waals surface area contributed by atoms with E-state index >= 15 is 0 Å². The number of halogens is 1. The van der Waals surface area contributed by atoms with E-state index in [1.165, 1.54) is 0 Å². The molecule has 1 atom stereocenters. The van der Waals surface area contributed by atoms with Crippen molar-refractivity contribution in [3.05, 3.63) is 23.2 Å². The van der Waals surface area contributed by atoms with Crippen LogP contribution < -0.4 is 0 Å². The Morgan fingerprint density at radius 3 is 3.00 bits per heavy atom. The fourth-order valence-corrected chi connectivity index (χ4v) is 2.12. The molecule has 2 rings (SSSR count). The van der Waals surface area contributed by atoms with Crippen LogP contribution in [0.4, 0.5) is 0 Å². The van der Waals surface area contributed by atoms with Gasteiger partial charge in [0.15, 0.2) is 5.15 Å². The molecule has 0 unspecified atom stereocenters. The van der Waals surface area contributed by atoms with Gasteiger partial charge in [0, 0.05) is 25.0 Å². The quantitative estimate of drug-likeness (QED) is 0.840. The highest BCUT2D eigenvalue weighted by molar-refractivity contribution is 6.29. The molecule has 1 aromatic rings. The van der Waals surface area contributed by atoms with Crippen molar-refractivity contribution in [1.29, 1.82) is 0 Å². The molecule has 0 bridgehead atoms. The van der Waals surface area contributed by atoms with E-state index in [0.29, 0.717) is 11.7 Å². The molecule has 0 amide bonds. The number of rotatable bonds is 3. The highest BCUT2D eigenvalue weighted by Crippen LogP contribution is 2.20. The number of hydrogen-bond acceptors (Lipinski definition) is 4. The lowest BCUT2D eigenvalue weighted by Gasteiger charge is -2.22. The molecule has 1 aliphatic heterocycles. The Bertz CT molecular complexity index is 334. The molecule has 2 heterocycles. The largest absolute Gasteiger partial charge is 0.395 e. The zero-order valence-corrected chi connectivity index (χ0v) is 9.19. The molecule has 1 N–H and O–H groups in total. The van der Waals surface area contributed by atoms with Crippen molar-refractivity contribution < 1.29 is 5.11 Å². The number of aromatic nitrogens is 2. The molecular formula is C10H14ClN3O. The van der Waals surface area contributed by atoms with Gasteiger partial charge in [-0.3, -0.25) is 9.88 Å². The van der Waals surface area contributed by atoms with E-state index in [1.54, 1.807) is 12.4 Å². The Kier molecular flexibility index (Phi) is 3.51. The van der Waals surface area contributed by atoms with Crippen LogP contribution in [0.2, 0.25) is 5.15 Å². The maximum absolute atomic E-state index is 9.17.